The number of aryl methyl sites for hydroxylation is 1. The number of hydrogen-bond acceptors (Lipinski definition) is 1. The van der Waals surface area contributed by atoms with Gasteiger partial charge >= 0.3 is 6.18 Å². The van der Waals surface area contributed by atoms with E-state index in [1.165, 1.54) is 6.07 Å². The molecule has 0 amide bonds. The first-order valence-electron chi connectivity index (χ1n) is 6.47. The quantitative estimate of drug-likeness (QED) is 0.750. The van der Waals surface area contributed by atoms with Crippen molar-refractivity contribution in [3.05, 3.63) is 64.2 Å². The molecule has 2 rings (SSSR count). The summed E-state index contributed by atoms with van der Waals surface area (Å²) in [6.45, 7) is 3.92. The molecule has 0 aromatic heterocycles. The van der Waals surface area contributed by atoms with Crippen LogP contribution in [0.25, 0.3) is 0 Å². The largest absolute Gasteiger partial charge is 0.416 e. The molecule has 0 spiro atoms. The Morgan fingerprint density at radius 1 is 1.10 bits per heavy atom. The van der Waals surface area contributed by atoms with Crippen LogP contribution in [0.3, 0.4) is 0 Å². The number of halogens is 4. The second-order valence-electron chi connectivity index (χ2n) is 4.97. The first-order chi connectivity index (χ1) is 9.77. The van der Waals surface area contributed by atoms with Gasteiger partial charge in [-0.05, 0) is 37.6 Å². The predicted molar refractivity (Wildman–Crippen MR) is 79.7 cm³/mol. The Morgan fingerprint density at radius 2 is 1.81 bits per heavy atom. The second-order valence-corrected chi connectivity index (χ2v) is 5.38. The molecular weight excluding hydrogens is 299 g/mol. The Hall–Kier alpha value is -1.68. The predicted octanol–water partition coefficient (Wildman–Crippen LogP) is 5.84. The van der Waals surface area contributed by atoms with Crippen LogP contribution in [0.15, 0.2) is 42.5 Å². The van der Waals surface area contributed by atoms with Gasteiger partial charge in [-0.2, -0.15) is 13.2 Å². The van der Waals surface area contributed by atoms with Gasteiger partial charge in [-0.25, -0.2) is 0 Å². The number of hydrogen-bond donors (Lipinski definition) is 1. The summed E-state index contributed by atoms with van der Waals surface area (Å²) in [6, 6.07) is 11.2. The molecule has 2 aromatic rings. The standard InChI is InChI=1S/C16H15ClF3N/c1-10-4-3-5-12(8-10)11(2)21-15-7-6-13(9-14(15)17)16(18,19)20/h3-9,11,21H,1-2H3. The van der Waals surface area contributed by atoms with Crippen molar-refractivity contribution < 1.29 is 13.2 Å². The van der Waals surface area contributed by atoms with E-state index in [1.54, 1.807) is 0 Å². The molecule has 0 aliphatic heterocycles. The fourth-order valence-corrected chi connectivity index (χ4v) is 2.30. The van der Waals surface area contributed by atoms with E-state index in [9.17, 15) is 13.2 Å². The third-order valence-corrected chi connectivity index (χ3v) is 3.52. The van der Waals surface area contributed by atoms with Crippen LogP contribution in [0.5, 0.6) is 0 Å². The van der Waals surface area contributed by atoms with Crippen molar-refractivity contribution in [2.24, 2.45) is 0 Å². The van der Waals surface area contributed by atoms with E-state index in [1.807, 2.05) is 38.1 Å². The van der Waals surface area contributed by atoms with Crippen LogP contribution in [0.2, 0.25) is 5.02 Å². The van der Waals surface area contributed by atoms with Gasteiger partial charge in [-0.1, -0.05) is 41.4 Å². The molecule has 0 bridgehead atoms. The minimum absolute atomic E-state index is 0.0564. The van der Waals surface area contributed by atoms with Crippen molar-refractivity contribution >= 4 is 17.3 Å². The van der Waals surface area contributed by atoms with Gasteiger partial charge in [0.25, 0.3) is 0 Å². The fraction of sp³-hybridized carbons (Fsp3) is 0.250. The minimum atomic E-state index is -4.38. The van der Waals surface area contributed by atoms with Gasteiger partial charge in [0, 0.05) is 6.04 Å². The average Bonchev–Trinajstić information content (AvgIpc) is 2.39. The third kappa shape index (κ3) is 3.91. The molecule has 21 heavy (non-hydrogen) atoms. The zero-order valence-corrected chi connectivity index (χ0v) is 12.4. The molecule has 0 saturated carbocycles. The van der Waals surface area contributed by atoms with E-state index in [-0.39, 0.29) is 11.1 Å². The van der Waals surface area contributed by atoms with E-state index in [4.69, 9.17) is 11.6 Å². The highest BCUT2D eigenvalue weighted by molar-refractivity contribution is 6.33. The van der Waals surface area contributed by atoms with Crippen LogP contribution in [0, 0.1) is 6.92 Å². The average molecular weight is 314 g/mol. The summed E-state index contributed by atoms with van der Waals surface area (Å²) in [7, 11) is 0. The Bertz CT molecular complexity index is 638. The molecular formula is C16H15ClF3N. The number of anilines is 1. The van der Waals surface area contributed by atoms with E-state index in [0.29, 0.717) is 5.69 Å². The molecule has 1 nitrogen and oxygen atoms in total. The SMILES string of the molecule is Cc1cccc(C(C)Nc2ccc(C(F)(F)F)cc2Cl)c1. The maximum atomic E-state index is 12.6. The molecule has 1 atom stereocenters. The zero-order chi connectivity index (χ0) is 15.6. The lowest BCUT2D eigenvalue weighted by molar-refractivity contribution is -0.137. The van der Waals surface area contributed by atoms with E-state index in [2.05, 4.69) is 5.32 Å². The number of alkyl halides is 3. The van der Waals surface area contributed by atoms with Gasteiger partial charge in [0.2, 0.25) is 0 Å². The molecule has 0 fully saturated rings. The van der Waals surface area contributed by atoms with Crippen LogP contribution >= 0.6 is 11.6 Å². The molecule has 5 heteroatoms. The van der Waals surface area contributed by atoms with Crippen LogP contribution in [0.4, 0.5) is 18.9 Å². The molecule has 0 aliphatic carbocycles. The van der Waals surface area contributed by atoms with Crippen molar-refractivity contribution in [2.75, 3.05) is 5.32 Å². The van der Waals surface area contributed by atoms with Gasteiger partial charge < -0.3 is 5.32 Å². The highest BCUT2D eigenvalue weighted by Crippen LogP contribution is 2.34. The molecule has 0 aliphatic rings. The van der Waals surface area contributed by atoms with E-state index < -0.39 is 11.7 Å². The van der Waals surface area contributed by atoms with Crippen LogP contribution in [-0.2, 0) is 6.18 Å². The Morgan fingerprint density at radius 3 is 2.38 bits per heavy atom. The maximum absolute atomic E-state index is 12.6. The lowest BCUT2D eigenvalue weighted by Crippen LogP contribution is -2.09. The molecule has 1 N–H and O–H groups in total. The van der Waals surface area contributed by atoms with Crippen molar-refractivity contribution in [3.63, 3.8) is 0 Å². The summed E-state index contributed by atoms with van der Waals surface area (Å²) in [5.41, 5.74) is 1.91. The smallest absolute Gasteiger partial charge is 0.377 e. The van der Waals surface area contributed by atoms with Gasteiger partial charge in [-0.3, -0.25) is 0 Å². The summed E-state index contributed by atoms with van der Waals surface area (Å²) < 4.78 is 37.8. The zero-order valence-electron chi connectivity index (χ0n) is 11.6. The van der Waals surface area contributed by atoms with Gasteiger partial charge in [0.05, 0.1) is 16.3 Å². The van der Waals surface area contributed by atoms with E-state index in [0.717, 1.165) is 23.3 Å². The van der Waals surface area contributed by atoms with Gasteiger partial charge in [0.15, 0.2) is 0 Å². The third-order valence-electron chi connectivity index (χ3n) is 3.21. The molecule has 2 aromatic carbocycles. The first kappa shape index (κ1) is 15.7. The Kier molecular flexibility index (Phi) is 4.47. The first-order valence-corrected chi connectivity index (χ1v) is 6.85. The number of nitrogens with one attached hydrogen (secondary N) is 1. The normalized spacial score (nSPS) is 13.0. The summed E-state index contributed by atoms with van der Waals surface area (Å²) in [5, 5.41) is 3.19. The van der Waals surface area contributed by atoms with Crippen LogP contribution in [-0.4, -0.2) is 0 Å². The maximum Gasteiger partial charge on any atom is 0.416 e. The van der Waals surface area contributed by atoms with Crippen molar-refractivity contribution in [2.45, 2.75) is 26.1 Å². The highest BCUT2D eigenvalue weighted by atomic mass is 35.5. The lowest BCUT2D eigenvalue weighted by Gasteiger charge is -2.18. The van der Waals surface area contributed by atoms with Crippen LogP contribution < -0.4 is 5.32 Å². The molecule has 112 valence electrons. The van der Waals surface area contributed by atoms with Gasteiger partial charge in [0.1, 0.15) is 0 Å². The second kappa shape index (κ2) is 5.98. The molecule has 1 unspecified atom stereocenters. The van der Waals surface area contributed by atoms with Crippen molar-refractivity contribution in [3.8, 4) is 0 Å². The highest BCUT2D eigenvalue weighted by Gasteiger charge is 2.30. The van der Waals surface area contributed by atoms with Crippen LogP contribution in [0.1, 0.15) is 29.7 Å². The Balaban J connectivity index is 2.20. The molecule has 0 radical (unpaired) electrons. The fourth-order valence-electron chi connectivity index (χ4n) is 2.06. The summed E-state index contributed by atoms with van der Waals surface area (Å²) in [4.78, 5) is 0. The summed E-state index contributed by atoms with van der Waals surface area (Å²) in [6.07, 6.45) is -4.38. The number of benzene rings is 2. The van der Waals surface area contributed by atoms with Crippen molar-refractivity contribution in [1.29, 1.82) is 0 Å². The summed E-state index contributed by atoms with van der Waals surface area (Å²) in [5.74, 6) is 0. The monoisotopic (exact) mass is 313 g/mol. The Labute approximate surface area is 126 Å². The molecule has 0 saturated heterocycles. The van der Waals surface area contributed by atoms with Crippen molar-refractivity contribution in [1.82, 2.24) is 0 Å². The minimum Gasteiger partial charge on any atom is -0.377 e. The van der Waals surface area contributed by atoms with Gasteiger partial charge in [-0.15, -0.1) is 0 Å². The molecule has 0 heterocycles. The van der Waals surface area contributed by atoms with E-state index >= 15 is 0 Å². The summed E-state index contributed by atoms with van der Waals surface area (Å²) >= 11 is 5.94. The lowest BCUT2D eigenvalue weighted by atomic mass is 10.1. The topological polar surface area (TPSA) is 12.0 Å². The number of rotatable bonds is 3.